The molecule has 2 N–H and O–H groups in total. The molecule has 116 valence electrons. The molecule has 0 aromatic carbocycles. The first-order chi connectivity index (χ1) is 9.22. The lowest BCUT2D eigenvalue weighted by atomic mass is 10.7. The molecular formula is C11H24O8. The van der Waals surface area contributed by atoms with Gasteiger partial charge in [0.05, 0.1) is 67.1 Å². The van der Waals surface area contributed by atoms with Crippen LogP contribution in [0.25, 0.3) is 0 Å². The molecule has 19 heavy (non-hydrogen) atoms. The Kier molecular flexibility index (Phi) is 20.8. The zero-order valence-electron chi connectivity index (χ0n) is 11.5. The average Bonchev–Trinajstić information content (AvgIpc) is 2.45. The second-order valence-electron chi connectivity index (χ2n) is 2.94. The van der Waals surface area contributed by atoms with E-state index in [-0.39, 0.29) is 13.2 Å². The Morgan fingerprint density at radius 2 is 1.05 bits per heavy atom. The predicted molar refractivity (Wildman–Crippen MR) is 66.0 cm³/mol. The summed E-state index contributed by atoms with van der Waals surface area (Å²) in [7, 11) is 2.51. The Bertz CT molecular complexity index is 160. The van der Waals surface area contributed by atoms with Crippen LogP contribution in [0.2, 0.25) is 0 Å². The van der Waals surface area contributed by atoms with Crippen LogP contribution in [0.3, 0.4) is 0 Å². The number of carbonyl (C=O) groups excluding carboxylic acids is 1. The third-order valence-corrected chi connectivity index (χ3v) is 1.55. The molecule has 0 atom stereocenters. The first-order valence-electron chi connectivity index (χ1n) is 5.79. The molecule has 0 aliphatic carbocycles. The molecule has 0 aromatic heterocycles. The molecule has 0 unspecified atom stereocenters. The highest BCUT2D eigenvalue weighted by Crippen LogP contribution is 1.80. The van der Waals surface area contributed by atoms with Crippen molar-refractivity contribution in [3.05, 3.63) is 0 Å². The molecule has 0 fully saturated rings. The lowest BCUT2D eigenvalue weighted by Crippen LogP contribution is -2.11. The van der Waals surface area contributed by atoms with Crippen LogP contribution < -0.4 is 0 Å². The molecule has 0 radical (unpaired) electrons. The molecule has 0 aliphatic rings. The highest BCUT2D eigenvalue weighted by molar-refractivity contribution is 5.59. The lowest BCUT2D eigenvalue weighted by molar-refractivity contribution is 0.00230. The smallest absolute Gasteiger partial charge is 0.438 e. The third kappa shape index (κ3) is 22.7. The van der Waals surface area contributed by atoms with Crippen molar-refractivity contribution < 1.29 is 38.7 Å². The summed E-state index contributed by atoms with van der Waals surface area (Å²) in [5.74, 6) is 0. The maximum Gasteiger partial charge on any atom is 0.507 e. The van der Waals surface area contributed by atoms with E-state index >= 15 is 0 Å². The van der Waals surface area contributed by atoms with Crippen LogP contribution >= 0.6 is 0 Å². The fourth-order valence-corrected chi connectivity index (χ4v) is 0.754. The van der Waals surface area contributed by atoms with Crippen LogP contribution in [0, 0.1) is 0 Å². The maximum atomic E-state index is 9.74. The topological polar surface area (TPSA) is 104 Å². The summed E-state index contributed by atoms with van der Waals surface area (Å²) >= 11 is 0. The molecule has 0 bridgehead atoms. The largest absolute Gasteiger partial charge is 0.507 e. The van der Waals surface area contributed by atoms with E-state index in [0.29, 0.717) is 39.6 Å². The first kappa shape index (κ1) is 20.4. The van der Waals surface area contributed by atoms with E-state index in [1.165, 1.54) is 14.2 Å². The van der Waals surface area contributed by atoms with Gasteiger partial charge in [0.1, 0.15) is 0 Å². The summed E-state index contributed by atoms with van der Waals surface area (Å²) < 4.78 is 23.1. The van der Waals surface area contributed by atoms with Crippen molar-refractivity contribution in [2.75, 3.05) is 67.1 Å². The van der Waals surface area contributed by atoms with Crippen LogP contribution in [0.1, 0.15) is 0 Å². The van der Waals surface area contributed by atoms with E-state index < -0.39 is 6.16 Å². The number of carbonyl (C=O) groups is 1. The molecular weight excluding hydrogens is 260 g/mol. The van der Waals surface area contributed by atoms with E-state index in [2.05, 4.69) is 9.47 Å². The number of aliphatic hydroxyl groups is 2. The number of methoxy groups -OCH3 is 2. The van der Waals surface area contributed by atoms with Gasteiger partial charge < -0.3 is 33.9 Å². The quantitative estimate of drug-likeness (QED) is 0.405. The van der Waals surface area contributed by atoms with Gasteiger partial charge in [0.25, 0.3) is 0 Å². The van der Waals surface area contributed by atoms with Crippen LogP contribution in [0.5, 0.6) is 0 Å². The summed E-state index contributed by atoms with van der Waals surface area (Å²) in [6, 6.07) is 0. The summed E-state index contributed by atoms with van der Waals surface area (Å²) in [4.78, 5) is 9.74. The normalized spacial score (nSPS) is 9.47. The van der Waals surface area contributed by atoms with Crippen molar-refractivity contribution in [2.24, 2.45) is 0 Å². The van der Waals surface area contributed by atoms with Gasteiger partial charge in [-0.2, -0.15) is 0 Å². The summed E-state index contributed by atoms with van der Waals surface area (Å²) in [5, 5.41) is 16.7. The van der Waals surface area contributed by atoms with Crippen molar-refractivity contribution in [1.29, 1.82) is 0 Å². The zero-order chi connectivity index (χ0) is 14.8. The van der Waals surface area contributed by atoms with Gasteiger partial charge in [0.2, 0.25) is 0 Å². The van der Waals surface area contributed by atoms with E-state index in [0.717, 1.165) is 0 Å². The fourth-order valence-electron chi connectivity index (χ4n) is 0.754. The molecule has 0 heterocycles. The molecule has 0 rings (SSSR count). The maximum absolute atomic E-state index is 9.74. The second-order valence-corrected chi connectivity index (χ2v) is 2.94. The monoisotopic (exact) mass is 284 g/mol. The van der Waals surface area contributed by atoms with Gasteiger partial charge in [-0.05, 0) is 0 Å². The standard InChI is InChI=1S/C8H18O5.C3H6O3/c9-1-3-11-5-7-13-8-6-12-4-2-10;1-5-3(4)6-2/h9-10H,1-8H2;1-2H3. The van der Waals surface area contributed by atoms with Crippen molar-refractivity contribution in [3.63, 3.8) is 0 Å². The van der Waals surface area contributed by atoms with Crippen molar-refractivity contribution >= 4 is 6.16 Å². The highest BCUT2D eigenvalue weighted by Gasteiger charge is 1.90. The molecule has 0 saturated heterocycles. The van der Waals surface area contributed by atoms with Crippen molar-refractivity contribution in [2.45, 2.75) is 0 Å². The molecule has 0 spiro atoms. The summed E-state index contributed by atoms with van der Waals surface area (Å²) in [6.07, 6.45) is -0.657. The van der Waals surface area contributed by atoms with E-state index in [1.54, 1.807) is 0 Å². The van der Waals surface area contributed by atoms with Gasteiger partial charge in [-0.3, -0.25) is 0 Å². The molecule has 0 aromatic rings. The summed E-state index contributed by atoms with van der Waals surface area (Å²) in [5.41, 5.74) is 0. The van der Waals surface area contributed by atoms with Gasteiger partial charge >= 0.3 is 6.16 Å². The Hall–Kier alpha value is -0.930. The van der Waals surface area contributed by atoms with Crippen molar-refractivity contribution in [3.8, 4) is 0 Å². The van der Waals surface area contributed by atoms with Gasteiger partial charge in [-0.25, -0.2) is 4.79 Å². The second kappa shape index (κ2) is 19.4. The molecule has 0 saturated carbocycles. The van der Waals surface area contributed by atoms with Gasteiger partial charge in [0, 0.05) is 0 Å². The van der Waals surface area contributed by atoms with E-state index in [9.17, 15) is 4.79 Å². The lowest BCUT2D eigenvalue weighted by Gasteiger charge is -2.04. The first-order valence-corrected chi connectivity index (χ1v) is 5.79. The number of rotatable bonds is 10. The predicted octanol–water partition coefficient (Wildman–Crippen LogP) is -0.580. The van der Waals surface area contributed by atoms with Crippen LogP contribution in [0.15, 0.2) is 0 Å². The van der Waals surface area contributed by atoms with Crippen LogP contribution in [-0.4, -0.2) is 83.4 Å². The average molecular weight is 284 g/mol. The van der Waals surface area contributed by atoms with Crippen LogP contribution in [0.4, 0.5) is 4.79 Å². The Labute approximate surface area is 113 Å². The Balaban J connectivity index is 0. The highest BCUT2D eigenvalue weighted by atomic mass is 16.7. The Morgan fingerprint density at radius 1 is 0.737 bits per heavy atom. The number of aliphatic hydroxyl groups excluding tert-OH is 2. The van der Waals surface area contributed by atoms with Crippen molar-refractivity contribution in [1.82, 2.24) is 0 Å². The van der Waals surface area contributed by atoms with E-state index in [1.807, 2.05) is 0 Å². The Morgan fingerprint density at radius 3 is 1.26 bits per heavy atom. The molecule has 0 aliphatic heterocycles. The SMILES string of the molecule is COC(=O)OC.OCCOCCOCCOCCO. The zero-order valence-corrected chi connectivity index (χ0v) is 11.5. The molecule has 0 amide bonds. The summed E-state index contributed by atoms with van der Waals surface area (Å²) in [6.45, 7) is 2.76. The van der Waals surface area contributed by atoms with Crippen LogP contribution in [-0.2, 0) is 23.7 Å². The molecule has 8 heteroatoms. The molecule has 8 nitrogen and oxygen atoms in total. The third-order valence-electron chi connectivity index (χ3n) is 1.55. The van der Waals surface area contributed by atoms with Gasteiger partial charge in [0.15, 0.2) is 0 Å². The minimum absolute atomic E-state index is 0.0413. The number of hydrogen-bond donors (Lipinski definition) is 2. The number of ether oxygens (including phenoxy) is 5. The van der Waals surface area contributed by atoms with E-state index in [4.69, 9.17) is 24.4 Å². The van der Waals surface area contributed by atoms with Gasteiger partial charge in [-0.1, -0.05) is 0 Å². The fraction of sp³-hybridized carbons (Fsp3) is 0.909. The number of hydrogen-bond acceptors (Lipinski definition) is 8. The van der Waals surface area contributed by atoms with Gasteiger partial charge in [-0.15, -0.1) is 0 Å². The minimum Gasteiger partial charge on any atom is -0.438 e. The minimum atomic E-state index is -0.657.